The zero-order valence-corrected chi connectivity index (χ0v) is 52.1. The van der Waals surface area contributed by atoms with E-state index in [-0.39, 0.29) is 0 Å². The van der Waals surface area contributed by atoms with Crippen molar-refractivity contribution >= 4 is 0 Å². The summed E-state index contributed by atoms with van der Waals surface area (Å²) in [5.74, 6) is 3.85. The summed E-state index contributed by atoms with van der Waals surface area (Å²) in [4.78, 5) is 16.2. The Bertz CT molecular complexity index is 1790. The molecule has 18 heteroatoms. The standard InChI is InChI=1S/C25H42N2O4.C24H40N2O4.C18H30N2O4/c1-5-20(26(10-22-14-28-22)11-23-15-29-23)6-2-18(1)9-19-3-7-21(8-4-19)27(12-24-16-30-24)13-25-17-31-25;1-5-19(25(9-21-13-27-21)10-22-14-28-22)6-2-17(1)18-3-7-20(8-4-18)26(11-23-15-29-23)12-24-16-30-24;1-2-13(19(5-15-9-21-15)6-16-10-22-16)4-14(3-1)20(7-17-11-23-17)8-18-12-24-18/h18-25H,1-17H2;17-24H,1-16H2;13-18H,1-12H2. The maximum Gasteiger partial charge on any atom is 0.0936 e. The summed E-state index contributed by atoms with van der Waals surface area (Å²) >= 11 is 0. The predicted molar refractivity (Wildman–Crippen MR) is 320 cm³/mol. The van der Waals surface area contributed by atoms with Crippen LogP contribution in [-0.2, 0) is 56.8 Å². The van der Waals surface area contributed by atoms with Gasteiger partial charge in [-0.2, -0.15) is 0 Å². The lowest BCUT2D eigenvalue weighted by Gasteiger charge is -2.42. The Kier molecular flexibility index (Phi) is 20.4. The molecule has 0 N–H and O–H groups in total. The van der Waals surface area contributed by atoms with Gasteiger partial charge in [-0.25, -0.2) is 0 Å². The SMILES string of the molecule is C1CC(N(CC2CO2)CC2CO2)CC(N(CC2CO2)CC2CO2)C1.C1CC(N(CC2CO2)CC2CO2)CCC1CC1CCC(N(CC2CO2)CC2CO2)CC1.C1OC1CN(CC1CO1)C1CCC(C2CCC(N(CC3CO3)CC3CO3)CC2)CC1. The van der Waals surface area contributed by atoms with Crippen molar-refractivity contribution in [3.8, 4) is 0 Å². The Morgan fingerprint density at radius 3 is 0.565 bits per heavy atom. The quantitative estimate of drug-likeness (QED) is 0.0756. The monoisotopic (exact) mass is 1190 g/mol. The van der Waals surface area contributed by atoms with Crippen molar-refractivity contribution in [1.82, 2.24) is 29.4 Å². The van der Waals surface area contributed by atoms with E-state index in [1.807, 2.05) is 0 Å². The summed E-state index contributed by atoms with van der Waals surface area (Å²) in [5.41, 5.74) is 0. The second-order valence-electron chi connectivity index (χ2n) is 30.4. The van der Waals surface area contributed by atoms with Crippen LogP contribution < -0.4 is 0 Å². The topological polar surface area (TPSA) is 170 Å². The van der Waals surface area contributed by atoms with Crippen molar-refractivity contribution in [1.29, 1.82) is 0 Å². The van der Waals surface area contributed by atoms with E-state index in [1.165, 1.54) is 135 Å². The molecule has 0 spiro atoms. The molecule has 12 aliphatic heterocycles. The zero-order valence-electron chi connectivity index (χ0n) is 52.1. The first kappa shape index (κ1) is 60.5. The lowest BCUT2D eigenvalue weighted by Crippen LogP contribution is -2.49. The van der Waals surface area contributed by atoms with Crippen molar-refractivity contribution in [2.24, 2.45) is 23.7 Å². The zero-order chi connectivity index (χ0) is 56.5. The third-order valence-electron chi connectivity index (χ3n) is 23.3. The molecule has 12 heterocycles. The number of rotatable bonds is 33. The summed E-state index contributed by atoms with van der Waals surface area (Å²) in [6, 6.07) is 4.42. The molecule has 17 fully saturated rings. The largest absolute Gasteiger partial charge is 0.372 e. The van der Waals surface area contributed by atoms with Gasteiger partial charge in [0.1, 0.15) is 0 Å². The Hall–Kier alpha value is -0.720. The van der Waals surface area contributed by atoms with E-state index in [0.717, 1.165) is 206 Å². The Labute approximate surface area is 510 Å². The average molecular weight is 1190 g/mol. The van der Waals surface area contributed by atoms with Gasteiger partial charge < -0.3 is 56.8 Å². The fourth-order valence-electron chi connectivity index (χ4n) is 17.1. The highest BCUT2D eigenvalue weighted by Crippen LogP contribution is 2.43. The minimum atomic E-state index is 0.472. The van der Waals surface area contributed by atoms with E-state index in [1.54, 1.807) is 0 Å². The third kappa shape index (κ3) is 20.1. The van der Waals surface area contributed by atoms with Crippen molar-refractivity contribution in [2.75, 3.05) is 158 Å². The van der Waals surface area contributed by atoms with Crippen molar-refractivity contribution < 1.29 is 56.8 Å². The molecule has 0 amide bonds. The first-order chi connectivity index (χ1) is 41.9. The van der Waals surface area contributed by atoms with Gasteiger partial charge in [0, 0.05) is 115 Å². The molecule has 5 saturated carbocycles. The second-order valence-corrected chi connectivity index (χ2v) is 30.4. The van der Waals surface area contributed by atoms with Crippen molar-refractivity contribution in [3.05, 3.63) is 0 Å². The molecule has 0 aromatic heterocycles. The van der Waals surface area contributed by atoms with Gasteiger partial charge in [0.05, 0.1) is 153 Å². The first-order valence-electron chi connectivity index (χ1n) is 35.7. The summed E-state index contributed by atoms with van der Waals surface area (Å²) in [6.07, 6.45) is 35.2. The molecular formula is C67H112N6O12. The van der Waals surface area contributed by atoms with Crippen molar-refractivity contribution in [2.45, 2.75) is 244 Å². The van der Waals surface area contributed by atoms with Crippen LogP contribution in [0.5, 0.6) is 0 Å². The number of epoxide rings is 12. The van der Waals surface area contributed by atoms with Crippen LogP contribution in [0.3, 0.4) is 0 Å². The molecule has 482 valence electrons. The predicted octanol–water partition coefficient (Wildman–Crippen LogP) is 5.49. The molecule has 17 aliphatic rings. The van der Waals surface area contributed by atoms with E-state index >= 15 is 0 Å². The summed E-state index contributed by atoms with van der Waals surface area (Å²) in [6.45, 7) is 25.0. The van der Waals surface area contributed by atoms with Crippen LogP contribution in [-0.4, -0.2) is 297 Å². The average Bonchev–Trinajstić information content (AvgIpc) is 4.40. The minimum absolute atomic E-state index is 0.472. The van der Waals surface area contributed by atoms with E-state index < -0.39 is 0 Å². The number of nitrogens with zero attached hydrogens (tertiary/aromatic N) is 6. The molecule has 0 aromatic carbocycles. The third-order valence-corrected chi connectivity index (χ3v) is 23.3. The molecule has 12 saturated heterocycles. The van der Waals surface area contributed by atoms with Gasteiger partial charge >= 0.3 is 0 Å². The molecular weight excluding hydrogens is 1080 g/mol. The Morgan fingerprint density at radius 2 is 0.376 bits per heavy atom. The maximum absolute atomic E-state index is 5.53. The fraction of sp³-hybridized carbons (Fsp3) is 1.00. The van der Waals surface area contributed by atoms with Gasteiger partial charge in [-0.15, -0.1) is 0 Å². The van der Waals surface area contributed by atoms with Gasteiger partial charge in [-0.3, -0.25) is 29.4 Å². The molecule has 0 aromatic rings. The first-order valence-corrected chi connectivity index (χ1v) is 35.7. The molecule has 0 bridgehead atoms. The van der Waals surface area contributed by atoms with E-state index in [4.69, 9.17) is 56.8 Å². The smallest absolute Gasteiger partial charge is 0.0936 e. The summed E-state index contributed by atoms with van der Waals surface area (Å²) in [7, 11) is 0. The molecule has 85 heavy (non-hydrogen) atoms. The van der Waals surface area contributed by atoms with Crippen LogP contribution in [0.2, 0.25) is 0 Å². The summed E-state index contributed by atoms with van der Waals surface area (Å²) < 4.78 is 66.2. The summed E-state index contributed by atoms with van der Waals surface area (Å²) in [5, 5.41) is 0. The van der Waals surface area contributed by atoms with Crippen LogP contribution in [0, 0.1) is 23.7 Å². The molecule has 0 radical (unpaired) electrons. The molecule has 5 aliphatic carbocycles. The highest BCUT2D eigenvalue weighted by atomic mass is 16.6. The van der Waals surface area contributed by atoms with Gasteiger partial charge in [0.2, 0.25) is 0 Å². The molecule has 14 unspecified atom stereocenters. The van der Waals surface area contributed by atoms with E-state index in [0.29, 0.717) is 85.3 Å². The second kappa shape index (κ2) is 28.7. The molecule has 14 atom stereocenters. The van der Waals surface area contributed by atoms with Gasteiger partial charge in [0.25, 0.3) is 0 Å². The highest BCUT2D eigenvalue weighted by Gasteiger charge is 2.44. The van der Waals surface area contributed by atoms with E-state index in [9.17, 15) is 0 Å². The van der Waals surface area contributed by atoms with Crippen LogP contribution >= 0.6 is 0 Å². The van der Waals surface area contributed by atoms with Crippen LogP contribution in [0.1, 0.15) is 135 Å². The number of hydrogen-bond acceptors (Lipinski definition) is 18. The normalized spacial score (nSPS) is 44.1. The van der Waals surface area contributed by atoms with Gasteiger partial charge in [-0.05, 0) is 152 Å². The number of ether oxygens (including phenoxy) is 12. The highest BCUT2D eigenvalue weighted by molar-refractivity contribution is 4.96. The minimum Gasteiger partial charge on any atom is -0.372 e. The van der Waals surface area contributed by atoms with Crippen LogP contribution in [0.15, 0.2) is 0 Å². The lowest BCUT2D eigenvalue weighted by atomic mass is 9.71. The lowest BCUT2D eigenvalue weighted by molar-refractivity contribution is 0.0678. The number of hydrogen-bond donors (Lipinski definition) is 0. The van der Waals surface area contributed by atoms with Gasteiger partial charge in [0.15, 0.2) is 0 Å². The van der Waals surface area contributed by atoms with Crippen molar-refractivity contribution in [3.63, 3.8) is 0 Å². The molecule has 17 rings (SSSR count). The van der Waals surface area contributed by atoms with Gasteiger partial charge in [-0.1, -0.05) is 6.42 Å². The maximum atomic E-state index is 5.53. The Balaban J connectivity index is 0.000000109. The van der Waals surface area contributed by atoms with Crippen LogP contribution in [0.4, 0.5) is 0 Å². The van der Waals surface area contributed by atoms with Crippen LogP contribution in [0.25, 0.3) is 0 Å². The Morgan fingerprint density at radius 1 is 0.200 bits per heavy atom. The fourth-order valence-corrected chi connectivity index (χ4v) is 17.1. The molecule has 18 nitrogen and oxygen atoms in total. The van der Waals surface area contributed by atoms with E-state index in [2.05, 4.69) is 29.4 Å².